The number of pyridine rings is 1. The van der Waals surface area contributed by atoms with Gasteiger partial charge in [0, 0.05) is 49.5 Å². The minimum absolute atomic E-state index is 0.0556. The third-order valence-electron chi connectivity index (χ3n) is 6.35. The van der Waals surface area contributed by atoms with Gasteiger partial charge in [0.2, 0.25) is 5.78 Å². The molecular formula is C25H24N4O3S. The van der Waals surface area contributed by atoms with Crippen molar-refractivity contribution < 1.29 is 14.4 Å². The lowest BCUT2D eigenvalue weighted by atomic mass is 9.97. The summed E-state index contributed by atoms with van der Waals surface area (Å²) in [7, 11) is 0. The molecule has 0 aliphatic carbocycles. The van der Waals surface area contributed by atoms with Crippen molar-refractivity contribution in [1.29, 1.82) is 0 Å². The average Bonchev–Trinajstić information content (AvgIpc) is 3.53. The van der Waals surface area contributed by atoms with Gasteiger partial charge in [0.1, 0.15) is 0 Å². The summed E-state index contributed by atoms with van der Waals surface area (Å²) < 4.78 is 0. The van der Waals surface area contributed by atoms with Crippen molar-refractivity contribution in [2.45, 2.75) is 18.9 Å². The number of carbonyl (C=O) groups excluding carboxylic acids is 3. The molecule has 8 heteroatoms. The molecule has 5 rings (SSSR count). The highest BCUT2D eigenvalue weighted by Crippen LogP contribution is 2.39. The maximum Gasteiger partial charge on any atom is 0.291 e. The molecule has 2 atom stereocenters. The Balaban J connectivity index is 1.29. The van der Waals surface area contributed by atoms with Crippen molar-refractivity contribution in [2.24, 2.45) is 0 Å². The molecular weight excluding hydrogens is 436 g/mol. The molecule has 1 saturated heterocycles. The number of ketones is 1. The number of carbonyl (C=O) groups is 3. The van der Waals surface area contributed by atoms with Gasteiger partial charge in [-0.1, -0.05) is 18.2 Å². The summed E-state index contributed by atoms with van der Waals surface area (Å²) in [5.41, 5.74) is 4.14. The molecule has 2 aliphatic heterocycles. The fourth-order valence-electron chi connectivity index (χ4n) is 4.60. The smallest absolute Gasteiger partial charge is 0.291 e. The highest BCUT2D eigenvalue weighted by molar-refractivity contribution is 7.08. The standard InChI is InChI=1S/C25H24N4O3S/c1-16-14-28(24(31)17-5-3-2-4-6-17)10-11-29(16)25(32)23(30)20-13-27-21-19(7-9-26-22(20)21)18-8-12-33-15-18/h2-9,12,15-16,20,27H,10-11,13-14H2,1H3. The molecule has 2 unspecified atom stereocenters. The second-order valence-corrected chi connectivity index (χ2v) is 9.17. The monoisotopic (exact) mass is 460 g/mol. The molecule has 7 nitrogen and oxygen atoms in total. The maximum atomic E-state index is 13.2. The Morgan fingerprint density at radius 3 is 2.64 bits per heavy atom. The van der Waals surface area contributed by atoms with Crippen molar-refractivity contribution in [3.05, 3.63) is 70.7 Å². The molecule has 1 fully saturated rings. The van der Waals surface area contributed by atoms with Gasteiger partial charge in [-0.05, 0) is 47.5 Å². The van der Waals surface area contributed by atoms with Gasteiger partial charge in [0.25, 0.3) is 11.8 Å². The van der Waals surface area contributed by atoms with Crippen LogP contribution in [0.4, 0.5) is 5.69 Å². The van der Waals surface area contributed by atoms with E-state index >= 15 is 0 Å². The minimum Gasteiger partial charge on any atom is -0.382 e. The van der Waals surface area contributed by atoms with Crippen LogP contribution in [0.5, 0.6) is 0 Å². The number of rotatable bonds is 4. The van der Waals surface area contributed by atoms with Gasteiger partial charge in [-0.2, -0.15) is 11.3 Å². The van der Waals surface area contributed by atoms with Crippen LogP contribution in [0.3, 0.4) is 0 Å². The molecule has 1 aromatic carbocycles. The summed E-state index contributed by atoms with van der Waals surface area (Å²) >= 11 is 1.61. The van der Waals surface area contributed by atoms with Crippen LogP contribution < -0.4 is 5.32 Å². The number of Topliss-reactive ketones (excluding diaryl/α,β-unsaturated/α-hetero) is 1. The molecule has 3 aromatic rings. The lowest BCUT2D eigenvalue weighted by Gasteiger charge is -2.39. The summed E-state index contributed by atoms with van der Waals surface area (Å²) in [6.07, 6.45) is 1.69. The number of piperazine rings is 1. The largest absolute Gasteiger partial charge is 0.382 e. The van der Waals surface area contributed by atoms with E-state index in [1.54, 1.807) is 39.5 Å². The average molecular weight is 461 g/mol. The molecule has 0 bridgehead atoms. The van der Waals surface area contributed by atoms with Crippen molar-refractivity contribution in [3.63, 3.8) is 0 Å². The zero-order valence-electron chi connectivity index (χ0n) is 18.2. The Morgan fingerprint density at radius 1 is 1.09 bits per heavy atom. The summed E-state index contributed by atoms with van der Waals surface area (Å²) in [6, 6.07) is 12.8. The Morgan fingerprint density at radius 2 is 1.91 bits per heavy atom. The van der Waals surface area contributed by atoms with Crippen LogP contribution in [-0.2, 0) is 9.59 Å². The van der Waals surface area contributed by atoms with Gasteiger partial charge in [-0.3, -0.25) is 19.4 Å². The molecule has 0 saturated carbocycles. The second-order valence-electron chi connectivity index (χ2n) is 8.39. The summed E-state index contributed by atoms with van der Waals surface area (Å²) in [5, 5.41) is 7.35. The Hall–Kier alpha value is -3.52. The van der Waals surface area contributed by atoms with Crippen LogP contribution in [0.15, 0.2) is 59.4 Å². The highest BCUT2D eigenvalue weighted by Gasteiger charge is 2.40. The summed E-state index contributed by atoms with van der Waals surface area (Å²) in [6.45, 7) is 3.36. The van der Waals surface area contributed by atoms with E-state index in [9.17, 15) is 14.4 Å². The summed E-state index contributed by atoms with van der Waals surface area (Å²) in [5.74, 6) is -1.62. The van der Waals surface area contributed by atoms with Crippen LogP contribution in [-0.4, -0.2) is 64.6 Å². The van der Waals surface area contributed by atoms with E-state index < -0.39 is 17.6 Å². The van der Waals surface area contributed by atoms with E-state index in [1.165, 1.54) is 0 Å². The topological polar surface area (TPSA) is 82.6 Å². The van der Waals surface area contributed by atoms with Crippen molar-refractivity contribution in [2.75, 3.05) is 31.5 Å². The molecule has 168 valence electrons. The van der Waals surface area contributed by atoms with Crippen molar-refractivity contribution >= 4 is 34.6 Å². The summed E-state index contributed by atoms with van der Waals surface area (Å²) in [4.78, 5) is 47.0. The van der Waals surface area contributed by atoms with E-state index in [1.807, 2.05) is 42.6 Å². The lowest BCUT2D eigenvalue weighted by Crippen LogP contribution is -2.57. The quantitative estimate of drug-likeness (QED) is 0.605. The van der Waals surface area contributed by atoms with Crippen LogP contribution in [0.25, 0.3) is 11.1 Å². The first-order valence-electron chi connectivity index (χ1n) is 11.0. The zero-order valence-corrected chi connectivity index (χ0v) is 19.0. The van der Waals surface area contributed by atoms with Crippen molar-refractivity contribution in [3.8, 4) is 11.1 Å². The number of anilines is 1. The van der Waals surface area contributed by atoms with Crippen LogP contribution >= 0.6 is 11.3 Å². The van der Waals surface area contributed by atoms with E-state index in [0.717, 1.165) is 16.8 Å². The maximum absolute atomic E-state index is 13.2. The SMILES string of the molecule is CC1CN(C(=O)c2ccccc2)CCN1C(=O)C(=O)C1CNc2c(-c3ccsc3)ccnc21. The molecule has 0 radical (unpaired) electrons. The molecule has 1 N–H and O–H groups in total. The first kappa shape index (κ1) is 21.3. The number of nitrogens with one attached hydrogen (secondary N) is 1. The number of thiophene rings is 1. The number of aromatic nitrogens is 1. The predicted molar refractivity (Wildman–Crippen MR) is 127 cm³/mol. The predicted octanol–water partition coefficient (Wildman–Crippen LogP) is 3.26. The molecule has 2 aliphatic rings. The van der Waals surface area contributed by atoms with Crippen LogP contribution in [0, 0.1) is 0 Å². The van der Waals surface area contributed by atoms with E-state index in [4.69, 9.17) is 0 Å². The van der Waals surface area contributed by atoms with E-state index in [2.05, 4.69) is 15.7 Å². The molecule has 4 heterocycles. The number of nitrogens with zero attached hydrogens (tertiary/aromatic N) is 3. The first-order valence-corrected chi connectivity index (χ1v) is 11.9. The number of benzene rings is 1. The Bertz CT molecular complexity index is 1200. The van der Waals surface area contributed by atoms with Crippen LogP contribution in [0.1, 0.15) is 28.9 Å². The highest BCUT2D eigenvalue weighted by atomic mass is 32.1. The second kappa shape index (κ2) is 8.78. The van der Waals surface area contributed by atoms with Crippen molar-refractivity contribution in [1.82, 2.24) is 14.8 Å². The third-order valence-corrected chi connectivity index (χ3v) is 7.03. The fourth-order valence-corrected chi connectivity index (χ4v) is 5.26. The zero-order chi connectivity index (χ0) is 22.9. The fraction of sp³-hybridized carbons (Fsp3) is 0.280. The van der Waals surface area contributed by atoms with Crippen LogP contribution in [0.2, 0.25) is 0 Å². The van der Waals surface area contributed by atoms with Gasteiger partial charge in [0.15, 0.2) is 0 Å². The van der Waals surface area contributed by atoms with Gasteiger partial charge in [0.05, 0.1) is 17.3 Å². The number of amides is 2. The van der Waals surface area contributed by atoms with Gasteiger partial charge < -0.3 is 15.1 Å². The first-order chi connectivity index (χ1) is 16.0. The number of fused-ring (bicyclic) bond motifs is 1. The minimum atomic E-state index is -0.609. The molecule has 2 amide bonds. The Kier molecular flexibility index (Phi) is 5.68. The molecule has 0 spiro atoms. The third kappa shape index (κ3) is 3.91. The Labute approximate surface area is 196 Å². The number of hydrogen-bond acceptors (Lipinski definition) is 6. The van der Waals surface area contributed by atoms with E-state index in [-0.39, 0.29) is 11.9 Å². The van der Waals surface area contributed by atoms with E-state index in [0.29, 0.717) is 37.4 Å². The van der Waals surface area contributed by atoms with Gasteiger partial charge in [-0.25, -0.2) is 0 Å². The normalized spacial score (nSPS) is 19.7. The molecule has 33 heavy (non-hydrogen) atoms. The lowest BCUT2D eigenvalue weighted by molar-refractivity contribution is -0.148. The molecule has 2 aromatic heterocycles. The van der Waals surface area contributed by atoms with Gasteiger partial charge >= 0.3 is 0 Å². The number of hydrogen-bond donors (Lipinski definition) is 1. The van der Waals surface area contributed by atoms with Gasteiger partial charge in [-0.15, -0.1) is 0 Å².